The summed E-state index contributed by atoms with van der Waals surface area (Å²) in [5.41, 5.74) is 6.34. The Bertz CT molecular complexity index is 796. The van der Waals surface area contributed by atoms with Crippen molar-refractivity contribution in [1.29, 1.82) is 0 Å². The Balaban J connectivity index is 0.00000109. The van der Waals surface area contributed by atoms with E-state index in [1.807, 2.05) is 30.7 Å². The zero-order valence-corrected chi connectivity index (χ0v) is 16.0. The molecule has 132 valence electrons. The average Bonchev–Trinajstić information content (AvgIpc) is 3.06. The van der Waals surface area contributed by atoms with Crippen LogP contribution in [0.3, 0.4) is 0 Å². The summed E-state index contributed by atoms with van der Waals surface area (Å²) in [5.74, 6) is 0. The molecule has 0 radical (unpaired) electrons. The van der Waals surface area contributed by atoms with Crippen LogP contribution in [-0.2, 0) is 0 Å². The van der Waals surface area contributed by atoms with Crippen LogP contribution >= 0.6 is 0 Å². The van der Waals surface area contributed by atoms with Gasteiger partial charge in [-0.3, -0.25) is 0 Å². The Hall–Kier alpha value is -2.62. The molecule has 2 heterocycles. The number of benzene rings is 1. The van der Waals surface area contributed by atoms with E-state index in [0.29, 0.717) is 0 Å². The van der Waals surface area contributed by atoms with Crippen LogP contribution in [0.1, 0.15) is 39.4 Å². The Morgan fingerprint density at radius 1 is 1.12 bits per heavy atom. The Labute approximate surface area is 151 Å². The molecule has 0 spiro atoms. The minimum Gasteiger partial charge on any atom is -0.370 e. The highest BCUT2D eigenvalue weighted by Gasteiger charge is 2.25. The second-order valence-electron chi connectivity index (χ2n) is 6.05. The summed E-state index contributed by atoms with van der Waals surface area (Å²) in [5, 5.41) is 8.87. The monoisotopic (exact) mass is 336 g/mol. The molecule has 1 aliphatic rings. The highest BCUT2D eigenvalue weighted by molar-refractivity contribution is 5.90. The van der Waals surface area contributed by atoms with Crippen molar-refractivity contribution in [2.75, 3.05) is 18.5 Å². The zero-order chi connectivity index (χ0) is 18.6. The number of fused-ring (bicyclic) bond motifs is 3. The van der Waals surface area contributed by atoms with Gasteiger partial charge in [-0.25, -0.2) is 4.68 Å². The molecule has 0 saturated heterocycles. The van der Waals surface area contributed by atoms with E-state index in [-0.39, 0.29) is 6.04 Å². The fraction of sp³-hybridized carbons (Fsp3) is 0.333. The highest BCUT2D eigenvalue weighted by Crippen LogP contribution is 2.39. The molecule has 0 bridgehead atoms. The van der Waals surface area contributed by atoms with Crippen molar-refractivity contribution in [1.82, 2.24) is 15.0 Å². The predicted molar refractivity (Wildman–Crippen MR) is 108 cm³/mol. The van der Waals surface area contributed by atoms with Crippen molar-refractivity contribution >= 4 is 11.3 Å². The van der Waals surface area contributed by atoms with E-state index in [1.165, 1.54) is 5.69 Å². The van der Waals surface area contributed by atoms with E-state index < -0.39 is 0 Å². The number of hydrogen-bond acceptors (Lipinski definition) is 3. The first-order valence-corrected chi connectivity index (χ1v) is 8.82. The van der Waals surface area contributed by atoms with Crippen LogP contribution in [0, 0.1) is 0 Å². The lowest BCUT2D eigenvalue weighted by atomic mass is 9.95. The number of para-hydroxylation sites is 1. The molecular weight excluding hydrogens is 308 g/mol. The molecule has 0 N–H and O–H groups in total. The van der Waals surface area contributed by atoms with Crippen LogP contribution in [0.4, 0.5) is 5.69 Å². The number of hydrogen-bond donors (Lipinski definition) is 0. The molecule has 1 aromatic carbocycles. The third-order valence-electron chi connectivity index (χ3n) is 4.21. The summed E-state index contributed by atoms with van der Waals surface area (Å²) in [6.07, 6.45) is 3.75. The van der Waals surface area contributed by atoms with Crippen molar-refractivity contribution in [3.05, 3.63) is 60.8 Å². The molecule has 3 rings (SSSR count). The van der Waals surface area contributed by atoms with E-state index in [1.54, 1.807) is 0 Å². The van der Waals surface area contributed by atoms with Crippen molar-refractivity contribution in [3.63, 3.8) is 0 Å². The van der Waals surface area contributed by atoms with E-state index in [2.05, 4.69) is 73.5 Å². The molecule has 1 aliphatic heterocycles. The molecule has 1 aromatic heterocycles. The summed E-state index contributed by atoms with van der Waals surface area (Å²) < 4.78 is 1.98. The zero-order valence-electron chi connectivity index (χ0n) is 16.0. The molecule has 25 heavy (non-hydrogen) atoms. The Morgan fingerprint density at radius 2 is 1.80 bits per heavy atom. The molecule has 0 fully saturated rings. The largest absolute Gasteiger partial charge is 0.370 e. The van der Waals surface area contributed by atoms with Gasteiger partial charge in [-0.1, -0.05) is 62.6 Å². The lowest BCUT2D eigenvalue weighted by Crippen LogP contribution is -2.23. The third kappa shape index (κ3) is 3.29. The van der Waals surface area contributed by atoms with Gasteiger partial charge < -0.3 is 4.90 Å². The fourth-order valence-corrected chi connectivity index (χ4v) is 3.07. The minimum absolute atomic E-state index is 0.224. The van der Waals surface area contributed by atoms with Crippen LogP contribution < -0.4 is 4.90 Å². The normalized spacial score (nSPS) is 16.2. The van der Waals surface area contributed by atoms with Crippen LogP contribution in [0.2, 0.25) is 0 Å². The van der Waals surface area contributed by atoms with E-state index >= 15 is 0 Å². The lowest BCUT2D eigenvalue weighted by molar-refractivity contribution is 0.519. The summed E-state index contributed by atoms with van der Waals surface area (Å²) >= 11 is 0. The van der Waals surface area contributed by atoms with Gasteiger partial charge in [0.15, 0.2) is 0 Å². The van der Waals surface area contributed by atoms with Gasteiger partial charge in [0.1, 0.15) is 5.69 Å². The van der Waals surface area contributed by atoms with Crippen molar-refractivity contribution in [2.24, 2.45) is 0 Å². The van der Waals surface area contributed by atoms with Crippen LogP contribution in [0.5, 0.6) is 0 Å². The highest BCUT2D eigenvalue weighted by atomic mass is 15.4. The quantitative estimate of drug-likeness (QED) is 0.779. The summed E-state index contributed by atoms with van der Waals surface area (Å²) in [4.78, 5) is 2.23. The van der Waals surface area contributed by atoms with Crippen molar-refractivity contribution < 1.29 is 0 Å². The molecule has 0 unspecified atom stereocenters. The van der Waals surface area contributed by atoms with E-state index in [9.17, 15) is 0 Å². The van der Waals surface area contributed by atoms with Crippen LogP contribution in [0.25, 0.3) is 16.8 Å². The molecule has 4 heteroatoms. The fourth-order valence-electron chi connectivity index (χ4n) is 3.07. The van der Waals surface area contributed by atoms with E-state index in [0.717, 1.165) is 34.6 Å². The number of aromatic nitrogens is 3. The molecular formula is C21H28N4. The first-order chi connectivity index (χ1) is 12.1. The molecule has 0 saturated carbocycles. The minimum atomic E-state index is 0.224. The second kappa shape index (κ2) is 7.97. The molecule has 0 amide bonds. The first-order valence-electron chi connectivity index (χ1n) is 8.82. The average molecular weight is 336 g/mol. The van der Waals surface area contributed by atoms with Gasteiger partial charge in [0.05, 0.1) is 5.69 Å². The maximum Gasteiger partial charge on any atom is 0.121 e. The van der Waals surface area contributed by atoms with Crippen LogP contribution in [-0.4, -0.2) is 28.6 Å². The summed E-state index contributed by atoms with van der Waals surface area (Å²) in [6.45, 7) is 17.0. The molecule has 2 aromatic rings. The van der Waals surface area contributed by atoms with Gasteiger partial charge in [-0.05, 0) is 25.5 Å². The maximum absolute atomic E-state index is 4.47. The van der Waals surface area contributed by atoms with Gasteiger partial charge in [-0.15, -0.1) is 5.10 Å². The van der Waals surface area contributed by atoms with Crippen molar-refractivity contribution in [2.45, 2.75) is 33.7 Å². The molecule has 0 aliphatic carbocycles. The SMILES string of the molecule is C=C/C1=C(\C=C)c2nnn(C(C)C)c2-c2ccccc2N(C)C1.CC. The Kier molecular flexibility index (Phi) is 5.97. The van der Waals surface area contributed by atoms with Crippen LogP contribution in [0.15, 0.2) is 55.1 Å². The predicted octanol–water partition coefficient (Wildman–Crippen LogP) is 5.13. The van der Waals surface area contributed by atoms with Gasteiger partial charge in [0, 0.05) is 36.5 Å². The number of anilines is 1. The standard InChI is InChI=1S/C19H22N4.C2H6/c1-6-14-12-22(5)17-11-9-8-10-16(17)19-18(15(14)7-2)20-21-23(19)13(3)4;1-2/h6-11,13H,1-2,12H2,3-5H3;1-2H3/b15-14-;. The smallest absolute Gasteiger partial charge is 0.121 e. The van der Waals surface area contributed by atoms with Gasteiger partial charge in [-0.2, -0.15) is 0 Å². The van der Waals surface area contributed by atoms with Gasteiger partial charge in [0.25, 0.3) is 0 Å². The van der Waals surface area contributed by atoms with E-state index in [4.69, 9.17) is 0 Å². The lowest BCUT2D eigenvalue weighted by Gasteiger charge is -2.27. The molecule has 0 atom stereocenters. The molecule has 4 nitrogen and oxygen atoms in total. The Morgan fingerprint density at radius 3 is 2.40 bits per heavy atom. The number of likely N-dealkylation sites (N-methyl/N-ethyl adjacent to an activating group) is 1. The maximum atomic E-state index is 4.47. The first kappa shape index (κ1) is 18.7. The van der Waals surface area contributed by atoms with Gasteiger partial charge in [0.2, 0.25) is 0 Å². The topological polar surface area (TPSA) is 34.0 Å². The summed E-state index contributed by atoms with van der Waals surface area (Å²) in [7, 11) is 2.09. The number of allylic oxidation sites excluding steroid dienone is 2. The van der Waals surface area contributed by atoms with Gasteiger partial charge >= 0.3 is 0 Å². The second-order valence-corrected chi connectivity index (χ2v) is 6.05. The number of nitrogens with zero attached hydrogens (tertiary/aromatic N) is 4. The third-order valence-corrected chi connectivity index (χ3v) is 4.21. The number of rotatable bonds is 3. The van der Waals surface area contributed by atoms with Crippen molar-refractivity contribution in [3.8, 4) is 11.3 Å². The summed E-state index contributed by atoms with van der Waals surface area (Å²) in [6, 6.07) is 8.61.